The van der Waals surface area contributed by atoms with Crippen molar-refractivity contribution in [2.75, 3.05) is 18.3 Å². The molecule has 8 nitrogen and oxygen atoms in total. The SMILES string of the molecule is O=C(O)Cc1csc(NC(=O)C(Cc2ccccc2)C[PH](=O)OCO)n1. The number of nitrogens with one attached hydrogen (secondary N) is 1. The molecule has 0 radical (unpaired) electrons. The van der Waals surface area contributed by atoms with Crippen LogP contribution >= 0.6 is 19.4 Å². The summed E-state index contributed by atoms with van der Waals surface area (Å²) in [6.45, 7) is -0.664. The van der Waals surface area contributed by atoms with Crippen LogP contribution in [0.2, 0.25) is 0 Å². The van der Waals surface area contributed by atoms with E-state index >= 15 is 0 Å². The van der Waals surface area contributed by atoms with Gasteiger partial charge in [-0.25, -0.2) is 4.98 Å². The molecule has 1 heterocycles. The molecular formula is C16H19N2O6PS. The van der Waals surface area contributed by atoms with Crippen LogP contribution in [0.1, 0.15) is 11.3 Å². The number of aliphatic carboxylic acids is 1. The van der Waals surface area contributed by atoms with Crippen LogP contribution in [0.25, 0.3) is 0 Å². The number of rotatable bonds is 10. The quantitative estimate of drug-likeness (QED) is 0.413. The number of nitrogens with zero attached hydrogens (tertiary/aromatic N) is 1. The normalized spacial score (nSPS) is 13.1. The van der Waals surface area contributed by atoms with Crippen LogP contribution in [-0.4, -0.2) is 40.0 Å². The minimum atomic E-state index is -2.56. The summed E-state index contributed by atoms with van der Waals surface area (Å²) in [4.78, 5) is 27.4. The molecule has 1 aromatic heterocycles. The van der Waals surface area contributed by atoms with E-state index in [0.29, 0.717) is 12.1 Å². The Morgan fingerprint density at radius 2 is 2.04 bits per heavy atom. The van der Waals surface area contributed by atoms with Gasteiger partial charge in [-0.2, -0.15) is 0 Å². The lowest BCUT2D eigenvalue weighted by Crippen LogP contribution is -2.27. The van der Waals surface area contributed by atoms with Crippen molar-refractivity contribution in [3.05, 3.63) is 47.0 Å². The fourth-order valence-corrected chi connectivity index (χ4v) is 4.00. The van der Waals surface area contributed by atoms with Gasteiger partial charge in [-0.1, -0.05) is 30.3 Å². The first-order chi connectivity index (χ1) is 12.5. The smallest absolute Gasteiger partial charge is 0.309 e. The fraction of sp³-hybridized carbons (Fsp3) is 0.312. The third-order valence-electron chi connectivity index (χ3n) is 3.45. The van der Waals surface area contributed by atoms with E-state index in [1.165, 1.54) is 0 Å². The average molecular weight is 398 g/mol. The molecule has 2 atom stereocenters. The van der Waals surface area contributed by atoms with Crippen LogP contribution in [0.4, 0.5) is 5.13 Å². The predicted molar refractivity (Wildman–Crippen MR) is 97.8 cm³/mol. The molecule has 1 amide bonds. The summed E-state index contributed by atoms with van der Waals surface area (Å²) < 4.78 is 16.6. The number of thiazole rings is 1. The highest BCUT2D eigenvalue weighted by Crippen LogP contribution is 2.28. The number of carbonyl (C=O) groups excluding carboxylic acids is 1. The molecular weight excluding hydrogens is 379 g/mol. The monoisotopic (exact) mass is 398 g/mol. The van der Waals surface area contributed by atoms with Gasteiger partial charge in [-0.15, -0.1) is 11.3 Å². The third kappa shape index (κ3) is 6.68. The number of amides is 1. The zero-order chi connectivity index (χ0) is 18.9. The Morgan fingerprint density at radius 3 is 2.69 bits per heavy atom. The zero-order valence-electron chi connectivity index (χ0n) is 13.8. The molecule has 26 heavy (non-hydrogen) atoms. The molecule has 140 valence electrons. The summed E-state index contributed by atoms with van der Waals surface area (Å²) in [6.07, 6.45) is 0.113. The lowest BCUT2D eigenvalue weighted by molar-refractivity contribution is -0.136. The van der Waals surface area contributed by atoms with E-state index in [4.69, 9.17) is 14.7 Å². The summed E-state index contributed by atoms with van der Waals surface area (Å²) in [7, 11) is -2.56. The molecule has 0 aliphatic heterocycles. The lowest BCUT2D eigenvalue weighted by Gasteiger charge is -2.15. The Labute approximate surface area is 154 Å². The Hall–Kier alpha value is -2.06. The van der Waals surface area contributed by atoms with Crippen LogP contribution in [0.15, 0.2) is 35.7 Å². The Morgan fingerprint density at radius 1 is 1.31 bits per heavy atom. The topological polar surface area (TPSA) is 126 Å². The minimum absolute atomic E-state index is 0.0146. The van der Waals surface area contributed by atoms with Crippen LogP contribution in [-0.2, 0) is 31.5 Å². The van der Waals surface area contributed by atoms with E-state index in [1.807, 2.05) is 30.3 Å². The maximum absolute atomic E-state index is 12.6. The van der Waals surface area contributed by atoms with Gasteiger partial charge in [0, 0.05) is 11.5 Å². The van der Waals surface area contributed by atoms with Gasteiger partial charge in [-0.05, 0) is 12.0 Å². The maximum Gasteiger partial charge on any atom is 0.309 e. The highest BCUT2D eigenvalue weighted by Gasteiger charge is 2.23. The summed E-state index contributed by atoms with van der Waals surface area (Å²) in [5.41, 5.74) is 1.26. The van der Waals surface area contributed by atoms with E-state index in [2.05, 4.69) is 10.3 Å². The number of carboxylic acids is 1. The van der Waals surface area contributed by atoms with Crippen molar-refractivity contribution < 1.29 is 28.9 Å². The largest absolute Gasteiger partial charge is 0.481 e. The molecule has 3 N–H and O–H groups in total. The Balaban J connectivity index is 2.07. The van der Waals surface area contributed by atoms with Crippen LogP contribution < -0.4 is 5.32 Å². The van der Waals surface area contributed by atoms with Crippen molar-refractivity contribution in [2.45, 2.75) is 12.8 Å². The average Bonchev–Trinajstić information content (AvgIpc) is 3.01. The van der Waals surface area contributed by atoms with E-state index in [-0.39, 0.29) is 23.6 Å². The van der Waals surface area contributed by atoms with Crippen LogP contribution in [0, 0.1) is 5.92 Å². The number of carboxylic acid groups (broad SMARTS) is 1. The maximum atomic E-state index is 12.6. The Kier molecular flexibility index (Phi) is 7.93. The van der Waals surface area contributed by atoms with Gasteiger partial charge in [0.05, 0.1) is 18.0 Å². The number of aliphatic hydroxyl groups is 1. The first kappa shape index (κ1) is 20.3. The van der Waals surface area contributed by atoms with Gasteiger partial charge in [0.15, 0.2) is 13.2 Å². The molecule has 0 spiro atoms. The summed E-state index contributed by atoms with van der Waals surface area (Å²) in [5.74, 6) is -2.03. The van der Waals surface area contributed by atoms with Crippen molar-refractivity contribution in [2.24, 2.45) is 5.92 Å². The first-order valence-corrected chi connectivity index (χ1v) is 10.2. The van der Waals surface area contributed by atoms with Crippen molar-refractivity contribution in [1.82, 2.24) is 4.98 Å². The van der Waals surface area contributed by atoms with E-state index in [9.17, 15) is 14.2 Å². The summed E-state index contributed by atoms with van der Waals surface area (Å²) in [6, 6.07) is 9.26. The second-order valence-corrected chi connectivity index (χ2v) is 7.74. The number of hydrogen-bond acceptors (Lipinski definition) is 7. The molecule has 1 aromatic carbocycles. The highest BCUT2D eigenvalue weighted by atomic mass is 32.1. The van der Waals surface area contributed by atoms with Crippen molar-refractivity contribution in [3.8, 4) is 0 Å². The molecule has 0 bridgehead atoms. The molecule has 2 unspecified atom stereocenters. The second kappa shape index (κ2) is 10.2. The number of carbonyl (C=O) groups is 2. The second-order valence-electron chi connectivity index (χ2n) is 5.44. The minimum Gasteiger partial charge on any atom is -0.481 e. The van der Waals surface area contributed by atoms with Gasteiger partial charge in [0.25, 0.3) is 0 Å². The number of hydrogen-bond donors (Lipinski definition) is 3. The zero-order valence-corrected chi connectivity index (χ0v) is 15.6. The standard InChI is InChI=1S/C16H19N2O6PS/c19-10-24-25(23)8-12(6-11-4-2-1-3-5-11)15(22)18-16-17-13(9-26-16)7-14(20)21/h1-5,9,12,19,25H,6-8,10H2,(H,20,21)(H,17,18,22). The number of aromatic nitrogens is 1. The molecule has 2 rings (SSSR count). The summed E-state index contributed by atoms with van der Waals surface area (Å²) in [5, 5.41) is 22.0. The van der Waals surface area contributed by atoms with Gasteiger partial charge < -0.3 is 20.1 Å². The van der Waals surface area contributed by atoms with Gasteiger partial charge >= 0.3 is 5.97 Å². The molecule has 0 aliphatic rings. The molecule has 0 saturated carbocycles. The van der Waals surface area contributed by atoms with Gasteiger partial charge in [-0.3, -0.25) is 14.2 Å². The van der Waals surface area contributed by atoms with E-state index in [0.717, 1.165) is 16.9 Å². The number of anilines is 1. The molecule has 0 saturated heterocycles. The van der Waals surface area contributed by atoms with E-state index in [1.54, 1.807) is 5.38 Å². The van der Waals surface area contributed by atoms with Crippen molar-refractivity contribution in [1.29, 1.82) is 0 Å². The van der Waals surface area contributed by atoms with Crippen molar-refractivity contribution in [3.63, 3.8) is 0 Å². The van der Waals surface area contributed by atoms with Gasteiger partial charge in [0.2, 0.25) is 5.91 Å². The number of aliphatic hydroxyl groups excluding tert-OH is 1. The van der Waals surface area contributed by atoms with Crippen LogP contribution in [0.5, 0.6) is 0 Å². The van der Waals surface area contributed by atoms with Crippen LogP contribution in [0.3, 0.4) is 0 Å². The lowest BCUT2D eigenvalue weighted by atomic mass is 10.0. The molecule has 2 aromatic rings. The molecule has 0 aliphatic carbocycles. The first-order valence-electron chi connectivity index (χ1n) is 7.75. The predicted octanol–water partition coefficient (Wildman–Crippen LogP) is 2.01. The number of benzene rings is 1. The molecule has 10 heteroatoms. The van der Waals surface area contributed by atoms with Gasteiger partial charge in [0.1, 0.15) is 6.79 Å². The molecule has 0 fully saturated rings. The van der Waals surface area contributed by atoms with E-state index < -0.39 is 26.7 Å². The Bertz CT molecular complexity index is 767. The third-order valence-corrected chi connectivity index (χ3v) is 5.53. The van der Waals surface area contributed by atoms with Crippen molar-refractivity contribution >= 4 is 36.4 Å². The fourth-order valence-electron chi connectivity index (χ4n) is 2.30. The highest BCUT2D eigenvalue weighted by molar-refractivity contribution is 7.39. The summed E-state index contributed by atoms with van der Waals surface area (Å²) >= 11 is 1.13.